The van der Waals surface area contributed by atoms with E-state index in [-0.39, 0.29) is 16.4 Å². The van der Waals surface area contributed by atoms with Crippen molar-refractivity contribution in [3.63, 3.8) is 0 Å². The van der Waals surface area contributed by atoms with Crippen molar-refractivity contribution in [2.24, 2.45) is 11.7 Å². The van der Waals surface area contributed by atoms with Crippen LogP contribution in [0, 0.1) is 12.8 Å². The Hall–Kier alpha value is -1.48. The van der Waals surface area contributed by atoms with Gasteiger partial charge in [-0.1, -0.05) is 13.0 Å². The molecular formula is C17H28N4O3S. The Morgan fingerprint density at radius 2 is 1.92 bits per heavy atom. The van der Waals surface area contributed by atoms with Gasteiger partial charge >= 0.3 is 0 Å². The van der Waals surface area contributed by atoms with E-state index >= 15 is 0 Å². The van der Waals surface area contributed by atoms with Crippen molar-refractivity contribution in [3.8, 4) is 0 Å². The summed E-state index contributed by atoms with van der Waals surface area (Å²) in [5.74, 6) is -0.433. The Morgan fingerprint density at radius 1 is 1.28 bits per heavy atom. The zero-order valence-electron chi connectivity index (χ0n) is 15.2. The minimum atomic E-state index is -3.66. The predicted octanol–water partition coefficient (Wildman–Crippen LogP) is 0.256. The van der Waals surface area contributed by atoms with Crippen molar-refractivity contribution in [2.45, 2.75) is 18.7 Å². The molecule has 0 aromatic heterocycles. The summed E-state index contributed by atoms with van der Waals surface area (Å²) in [6.07, 6.45) is 0. The molecular weight excluding hydrogens is 340 g/mol. The number of sulfonamides is 1. The fourth-order valence-electron chi connectivity index (χ4n) is 2.90. The molecule has 140 valence electrons. The molecule has 0 radical (unpaired) electrons. The molecule has 7 nitrogen and oxygen atoms in total. The molecule has 1 aromatic rings. The van der Waals surface area contributed by atoms with Crippen LogP contribution in [0.1, 0.15) is 22.8 Å². The number of nitrogens with one attached hydrogen (secondary N) is 1. The summed E-state index contributed by atoms with van der Waals surface area (Å²) in [7, 11) is -1.55. The molecule has 1 heterocycles. The minimum absolute atomic E-state index is 0.0682. The molecule has 1 aliphatic rings. The van der Waals surface area contributed by atoms with Crippen molar-refractivity contribution in [1.29, 1.82) is 0 Å². The molecule has 25 heavy (non-hydrogen) atoms. The molecule has 0 spiro atoms. The molecule has 1 aromatic carbocycles. The van der Waals surface area contributed by atoms with Crippen molar-refractivity contribution in [3.05, 3.63) is 29.3 Å². The van der Waals surface area contributed by atoms with Crippen LogP contribution in [0.3, 0.4) is 0 Å². The molecule has 8 heteroatoms. The van der Waals surface area contributed by atoms with Gasteiger partial charge in [-0.3, -0.25) is 4.79 Å². The van der Waals surface area contributed by atoms with Gasteiger partial charge in [-0.2, -0.15) is 0 Å². The highest BCUT2D eigenvalue weighted by atomic mass is 32.2. The first-order valence-electron chi connectivity index (χ1n) is 8.50. The van der Waals surface area contributed by atoms with Crippen LogP contribution in [-0.2, 0) is 10.0 Å². The normalized spacial score (nSPS) is 18.2. The lowest BCUT2D eigenvalue weighted by Gasteiger charge is -2.33. The number of piperazine rings is 1. The summed E-state index contributed by atoms with van der Waals surface area (Å²) in [6.45, 7) is 9.06. The lowest BCUT2D eigenvalue weighted by Crippen LogP contribution is -2.46. The fourth-order valence-corrected chi connectivity index (χ4v) is 4.10. The molecule has 1 fully saturated rings. The number of likely N-dealkylation sites (N-methyl/N-ethyl adjacent to an activating group) is 1. The van der Waals surface area contributed by atoms with Crippen molar-refractivity contribution < 1.29 is 13.2 Å². The van der Waals surface area contributed by atoms with Crippen molar-refractivity contribution >= 4 is 15.9 Å². The van der Waals surface area contributed by atoms with Gasteiger partial charge < -0.3 is 15.5 Å². The lowest BCUT2D eigenvalue weighted by molar-refractivity contribution is 0.0999. The minimum Gasteiger partial charge on any atom is -0.366 e. The molecule has 1 atom stereocenters. The smallest absolute Gasteiger partial charge is 0.249 e. The molecule has 3 N–H and O–H groups in total. The second kappa shape index (κ2) is 8.27. The van der Waals surface area contributed by atoms with Crippen LogP contribution in [0.25, 0.3) is 0 Å². The van der Waals surface area contributed by atoms with Gasteiger partial charge in [-0.25, -0.2) is 13.1 Å². The Labute approximate surface area is 150 Å². The molecule has 0 saturated carbocycles. The summed E-state index contributed by atoms with van der Waals surface area (Å²) in [5.41, 5.74) is 6.19. The third kappa shape index (κ3) is 5.50. The summed E-state index contributed by atoms with van der Waals surface area (Å²) < 4.78 is 27.6. The van der Waals surface area contributed by atoms with Crippen LogP contribution in [-0.4, -0.2) is 70.4 Å². The van der Waals surface area contributed by atoms with Crippen LogP contribution >= 0.6 is 0 Å². The number of carbonyl (C=O) groups is 1. The third-order valence-electron chi connectivity index (χ3n) is 4.57. The number of amides is 1. The summed E-state index contributed by atoms with van der Waals surface area (Å²) in [6, 6.07) is 4.43. The van der Waals surface area contributed by atoms with Crippen LogP contribution in [0.15, 0.2) is 23.1 Å². The Morgan fingerprint density at radius 3 is 2.52 bits per heavy atom. The van der Waals surface area contributed by atoms with Gasteiger partial charge in [-0.05, 0) is 37.6 Å². The number of nitrogens with zero attached hydrogens (tertiary/aromatic N) is 2. The standard InChI is InChI=1S/C17H28N4O3S/c1-13(12-21-8-6-20(3)7-9-21)11-19-25(23,24)15-5-4-14(2)16(10-15)17(18)22/h4-5,10,13,19H,6-9,11-12H2,1-3H3,(H2,18,22). The predicted molar refractivity (Wildman–Crippen MR) is 98.0 cm³/mol. The molecule has 2 rings (SSSR count). The van der Waals surface area contributed by atoms with Gasteiger partial charge in [0.2, 0.25) is 15.9 Å². The van der Waals surface area contributed by atoms with Gasteiger partial charge in [0.15, 0.2) is 0 Å². The quantitative estimate of drug-likeness (QED) is 0.720. The molecule has 1 amide bonds. The number of nitrogens with two attached hydrogens (primary N) is 1. The van der Waals surface area contributed by atoms with E-state index < -0.39 is 15.9 Å². The van der Waals surface area contributed by atoms with Gasteiger partial charge in [0.25, 0.3) is 0 Å². The Bertz CT molecular complexity index is 713. The third-order valence-corrected chi connectivity index (χ3v) is 5.99. The van der Waals surface area contributed by atoms with Gasteiger partial charge in [-0.15, -0.1) is 0 Å². The number of hydrogen-bond acceptors (Lipinski definition) is 5. The van der Waals surface area contributed by atoms with E-state index in [0.29, 0.717) is 12.1 Å². The first-order chi connectivity index (χ1) is 11.7. The lowest BCUT2D eigenvalue weighted by atomic mass is 10.1. The van der Waals surface area contributed by atoms with E-state index in [9.17, 15) is 13.2 Å². The monoisotopic (exact) mass is 368 g/mol. The molecule has 0 bridgehead atoms. The van der Waals surface area contributed by atoms with Crippen molar-refractivity contribution in [2.75, 3.05) is 46.3 Å². The highest BCUT2D eigenvalue weighted by Gasteiger charge is 2.20. The number of benzene rings is 1. The maximum atomic E-state index is 12.5. The van der Waals surface area contributed by atoms with E-state index in [0.717, 1.165) is 32.7 Å². The Kier molecular flexibility index (Phi) is 6.56. The SMILES string of the molecule is Cc1ccc(S(=O)(=O)NCC(C)CN2CCN(C)CC2)cc1C(N)=O. The largest absolute Gasteiger partial charge is 0.366 e. The van der Waals surface area contributed by atoms with E-state index in [1.807, 2.05) is 6.92 Å². The Balaban J connectivity index is 1.95. The molecule has 1 saturated heterocycles. The molecule has 1 aliphatic heterocycles. The average Bonchev–Trinajstić information content (AvgIpc) is 2.55. The fraction of sp³-hybridized carbons (Fsp3) is 0.588. The summed E-state index contributed by atoms with van der Waals surface area (Å²) >= 11 is 0. The van der Waals surface area contributed by atoms with E-state index in [1.54, 1.807) is 13.0 Å². The second-order valence-corrected chi connectivity index (χ2v) is 8.67. The first kappa shape index (κ1) is 19.8. The van der Waals surface area contributed by atoms with E-state index in [1.165, 1.54) is 12.1 Å². The van der Waals surface area contributed by atoms with Crippen molar-refractivity contribution in [1.82, 2.24) is 14.5 Å². The number of aryl methyl sites for hydroxylation is 1. The zero-order valence-corrected chi connectivity index (χ0v) is 16.0. The number of carbonyl (C=O) groups excluding carboxylic acids is 1. The van der Waals surface area contributed by atoms with Crippen LogP contribution in [0.4, 0.5) is 0 Å². The number of rotatable bonds is 7. The number of hydrogen-bond donors (Lipinski definition) is 2. The highest BCUT2D eigenvalue weighted by molar-refractivity contribution is 7.89. The maximum absolute atomic E-state index is 12.5. The summed E-state index contributed by atoms with van der Waals surface area (Å²) in [5, 5.41) is 0. The summed E-state index contributed by atoms with van der Waals surface area (Å²) in [4.78, 5) is 16.1. The zero-order chi connectivity index (χ0) is 18.6. The van der Waals surface area contributed by atoms with Gasteiger partial charge in [0, 0.05) is 44.8 Å². The second-order valence-electron chi connectivity index (χ2n) is 6.90. The van der Waals surface area contributed by atoms with E-state index in [2.05, 4.69) is 21.6 Å². The van der Waals surface area contributed by atoms with Gasteiger partial charge in [0.05, 0.1) is 4.90 Å². The average molecular weight is 369 g/mol. The molecule has 1 unspecified atom stereocenters. The van der Waals surface area contributed by atoms with Gasteiger partial charge in [0.1, 0.15) is 0 Å². The topological polar surface area (TPSA) is 95.7 Å². The first-order valence-corrected chi connectivity index (χ1v) is 9.98. The number of primary amides is 1. The highest BCUT2D eigenvalue weighted by Crippen LogP contribution is 2.15. The van der Waals surface area contributed by atoms with Crippen LogP contribution in [0.2, 0.25) is 0 Å². The molecule has 0 aliphatic carbocycles. The maximum Gasteiger partial charge on any atom is 0.249 e. The van der Waals surface area contributed by atoms with Crippen LogP contribution in [0.5, 0.6) is 0 Å². The van der Waals surface area contributed by atoms with Crippen LogP contribution < -0.4 is 10.5 Å². The van der Waals surface area contributed by atoms with E-state index in [4.69, 9.17) is 5.73 Å².